The van der Waals surface area contributed by atoms with Gasteiger partial charge in [0.2, 0.25) is 0 Å². The van der Waals surface area contributed by atoms with Gasteiger partial charge >= 0.3 is 0 Å². The molecule has 6 nitrogen and oxygen atoms in total. The van der Waals surface area contributed by atoms with E-state index in [0.717, 1.165) is 34.7 Å². The number of benzene rings is 2. The molecule has 2 heterocycles. The van der Waals surface area contributed by atoms with Crippen molar-refractivity contribution in [3.8, 4) is 5.75 Å². The molecule has 1 N–H and O–H groups in total. The standard InChI is InChI=1S/C25H26N4O2/c1-16-7-5-6-8-20(16)13-22-17(2)28-24-23(15-27-29(24)18(22)3)25(30)26-14-19-9-11-21(31-4)12-10-19/h5-12,15H,13-14H2,1-4H3,(H,26,30). The summed E-state index contributed by atoms with van der Waals surface area (Å²) in [6, 6.07) is 16.0. The van der Waals surface area contributed by atoms with E-state index in [2.05, 4.69) is 35.5 Å². The van der Waals surface area contributed by atoms with Crippen molar-refractivity contribution in [3.63, 3.8) is 0 Å². The van der Waals surface area contributed by atoms with Crippen molar-refractivity contribution in [3.05, 3.63) is 93.9 Å². The molecule has 2 aromatic heterocycles. The van der Waals surface area contributed by atoms with Crippen LogP contribution in [0.4, 0.5) is 0 Å². The Balaban J connectivity index is 1.58. The summed E-state index contributed by atoms with van der Waals surface area (Å²) in [7, 11) is 1.63. The van der Waals surface area contributed by atoms with Gasteiger partial charge in [0.1, 0.15) is 11.3 Å². The Morgan fingerprint density at radius 1 is 1.06 bits per heavy atom. The average molecular weight is 415 g/mol. The molecule has 0 unspecified atom stereocenters. The number of rotatable bonds is 6. The van der Waals surface area contributed by atoms with E-state index in [9.17, 15) is 4.79 Å². The van der Waals surface area contributed by atoms with Gasteiger partial charge in [-0.3, -0.25) is 4.79 Å². The van der Waals surface area contributed by atoms with Gasteiger partial charge in [-0.05, 0) is 55.2 Å². The van der Waals surface area contributed by atoms with Crippen LogP contribution in [0.25, 0.3) is 5.65 Å². The van der Waals surface area contributed by atoms with Gasteiger partial charge in [-0.15, -0.1) is 0 Å². The minimum atomic E-state index is -0.191. The number of carbonyl (C=O) groups excluding carboxylic acids is 1. The lowest BCUT2D eigenvalue weighted by atomic mass is 9.99. The van der Waals surface area contributed by atoms with Crippen LogP contribution in [-0.2, 0) is 13.0 Å². The molecule has 0 spiro atoms. The van der Waals surface area contributed by atoms with Crippen molar-refractivity contribution in [1.82, 2.24) is 19.9 Å². The summed E-state index contributed by atoms with van der Waals surface area (Å²) >= 11 is 0. The molecule has 0 aliphatic carbocycles. The number of methoxy groups -OCH3 is 1. The van der Waals surface area contributed by atoms with Crippen molar-refractivity contribution in [2.75, 3.05) is 7.11 Å². The third-order valence-corrected chi connectivity index (χ3v) is 5.69. The number of amides is 1. The molecule has 0 aliphatic heterocycles. The fourth-order valence-corrected chi connectivity index (χ4v) is 3.75. The van der Waals surface area contributed by atoms with Gasteiger partial charge < -0.3 is 10.1 Å². The largest absolute Gasteiger partial charge is 0.497 e. The van der Waals surface area contributed by atoms with Crippen LogP contribution in [0.15, 0.2) is 54.7 Å². The molecule has 2 aromatic carbocycles. The highest BCUT2D eigenvalue weighted by Gasteiger charge is 2.18. The number of nitrogens with zero attached hydrogens (tertiary/aromatic N) is 3. The Kier molecular flexibility index (Phi) is 5.71. The van der Waals surface area contributed by atoms with E-state index < -0.39 is 0 Å². The summed E-state index contributed by atoms with van der Waals surface area (Å²) in [6.45, 7) is 6.56. The van der Waals surface area contributed by atoms with Gasteiger partial charge in [0.05, 0.1) is 13.3 Å². The van der Waals surface area contributed by atoms with E-state index in [1.807, 2.05) is 44.2 Å². The molecule has 4 rings (SSSR count). The third-order valence-electron chi connectivity index (χ3n) is 5.69. The van der Waals surface area contributed by atoms with E-state index in [-0.39, 0.29) is 5.91 Å². The average Bonchev–Trinajstić information content (AvgIpc) is 3.20. The van der Waals surface area contributed by atoms with Crippen molar-refractivity contribution in [1.29, 1.82) is 0 Å². The van der Waals surface area contributed by atoms with Gasteiger partial charge in [-0.2, -0.15) is 5.10 Å². The molecule has 31 heavy (non-hydrogen) atoms. The van der Waals surface area contributed by atoms with E-state index in [0.29, 0.717) is 17.8 Å². The zero-order valence-electron chi connectivity index (χ0n) is 18.3. The molecule has 0 bridgehead atoms. The van der Waals surface area contributed by atoms with Crippen LogP contribution >= 0.6 is 0 Å². The maximum atomic E-state index is 12.8. The summed E-state index contributed by atoms with van der Waals surface area (Å²) in [5.41, 5.74) is 7.61. The first-order chi connectivity index (χ1) is 15.0. The van der Waals surface area contributed by atoms with Gasteiger partial charge in [0.25, 0.3) is 5.91 Å². The number of nitrogens with one attached hydrogen (secondary N) is 1. The van der Waals surface area contributed by atoms with Gasteiger partial charge in [-0.25, -0.2) is 9.50 Å². The highest BCUT2D eigenvalue weighted by Crippen LogP contribution is 2.22. The molecule has 0 atom stereocenters. The Hall–Kier alpha value is -3.67. The van der Waals surface area contributed by atoms with Crippen molar-refractivity contribution < 1.29 is 9.53 Å². The Bertz CT molecular complexity index is 1240. The lowest BCUT2D eigenvalue weighted by molar-refractivity contribution is 0.0952. The second kappa shape index (κ2) is 8.60. The molecular weight excluding hydrogens is 388 g/mol. The second-order valence-corrected chi connectivity index (χ2v) is 7.69. The Morgan fingerprint density at radius 2 is 1.81 bits per heavy atom. The minimum Gasteiger partial charge on any atom is -0.497 e. The summed E-state index contributed by atoms with van der Waals surface area (Å²) in [4.78, 5) is 17.6. The number of fused-ring (bicyclic) bond motifs is 1. The molecule has 0 saturated heterocycles. The number of hydrogen-bond acceptors (Lipinski definition) is 4. The summed E-state index contributed by atoms with van der Waals surface area (Å²) < 4.78 is 6.94. The number of ether oxygens (including phenoxy) is 1. The number of aryl methyl sites for hydroxylation is 3. The SMILES string of the molecule is COc1ccc(CNC(=O)c2cnn3c(C)c(Cc4ccccc4C)c(C)nc23)cc1. The first-order valence-electron chi connectivity index (χ1n) is 10.3. The Labute approximate surface area is 181 Å². The number of hydrogen-bond donors (Lipinski definition) is 1. The smallest absolute Gasteiger partial charge is 0.257 e. The normalized spacial score (nSPS) is 11.0. The van der Waals surface area contributed by atoms with E-state index in [1.54, 1.807) is 17.8 Å². The summed E-state index contributed by atoms with van der Waals surface area (Å²) in [6.07, 6.45) is 2.38. The maximum Gasteiger partial charge on any atom is 0.257 e. The lowest BCUT2D eigenvalue weighted by Crippen LogP contribution is -2.23. The van der Waals surface area contributed by atoms with Crippen molar-refractivity contribution in [2.45, 2.75) is 33.7 Å². The first kappa shape index (κ1) is 20.6. The highest BCUT2D eigenvalue weighted by molar-refractivity contribution is 5.99. The third kappa shape index (κ3) is 4.14. The molecule has 158 valence electrons. The summed E-state index contributed by atoms with van der Waals surface area (Å²) in [5.74, 6) is 0.595. The zero-order chi connectivity index (χ0) is 22.0. The monoisotopic (exact) mass is 414 g/mol. The molecule has 0 fully saturated rings. The fourth-order valence-electron chi connectivity index (χ4n) is 3.75. The first-order valence-corrected chi connectivity index (χ1v) is 10.3. The van der Waals surface area contributed by atoms with Crippen molar-refractivity contribution >= 4 is 11.6 Å². The molecule has 6 heteroatoms. The molecule has 0 saturated carbocycles. The number of carbonyl (C=O) groups is 1. The van der Waals surface area contributed by atoms with Crippen LogP contribution in [0.3, 0.4) is 0 Å². The predicted molar refractivity (Wildman–Crippen MR) is 121 cm³/mol. The van der Waals surface area contributed by atoms with Gasteiger partial charge in [0, 0.05) is 24.4 Å². The minimum absolute atomic E-state index is 0.191. The van der Waals surface area contributed by atoms with E-state index in [1.165, 1.54) is 11.1 Å². The maximum absolute atomic E-state index is 12.8. The molecule has 0 aliphatic rings. The highest BCUT2D eigenvalue weighted by atomic mass is 16.5. The molecule has 1 amide bonds. The van der Waals surface area contributed by atoms with Crippen LogP contribution in [0.2, 0.25) is 0 Å². The lowest BCUT2D eigenvalue weighted by Gasteiger charge is -2.13. The van der Waals surface area contributed by atoms with Gasteiger partial charge in [0.15, 0.2) is 5.65 Å². The quantitative estimate of drug-likeness (QED) is 0.514. The molecular formula is C25H26N4O2. The van der Waals surface area contributed by atoms with Crippen LogP contribution < -0.4 is 10.1 Å². The van der Waals surface area contributed by atoms with Gasteiger partial charge in [-0.1, -0.05) is 36.4 Å². The fraction of sp³-hybridized carbons (Fsp3) is 0.240. The van der Waals surface area contributed by atoms with Crippen LogP contribution in [-0.4, -0.2) is 27.6 Å². The number of aromatic nitrogens is 3. The molecule has 4 aromatic rings. The summed E-state index contributed by atoms with van der Waals surface area (Å²) in [5, 5.41) is 7.42. The van der Waals surface area contributed by atoms with E-state index >= 15 is 0 Å². The topological polar surface area (TPSA) is 68.5 Å². The Morgan fingerprint density at radius 3 is 2.52 bits per heavy atom. The molecule has 0 radical (unpaired) electrons. The van der Waals surface area contributed by atoms with Crippen LogP contribution in [0.1, 0.15) is 44.0 Å². The van der Waals surface area contributed by atoms with Crippen LogP contribution in [0.5, 0.6) is 5.75 Å². The second-order valence-electron chi connectivity index (χ2n) is 7.69. The zero-order valence-corrected chi connectivity index (χ0v) is 18.3. The predicted octanol–water partition coefficient (Wildman–Crippen LogP) is 4.18. The van der Waals surface area contributed by atoms with Crippen LogP contribution in [0, 0.1) is 20.8 Å². The van der Waals surface area contributed by atoms with Crippen molar-refractivity contribution in [2.24, 2.45) is 0 Å². The van der Waals surface area contributed by atoms with E-state index in [4.69, 9.17) is 9.72 Å².